The second-order valence-electron chi connectivity index (χ2n) is 6.37. The Balaban J connectivity index is 1.65. The van der Waals surface area contributed by atoms with Crippen molar-refractivity contribution in [1.82, 2.24) is 9.88 Å². The number of nitrogens with zero attached hydrogens (tertiary/aromatic N) is 2. The van der Waals surface area contributed by atoms with E-state index < -0.39 is 0 Å². The van der Waals surface area contributed by atoms with Gasteiger partial charge < -0.3 is 10.1 Å². The van der Waals surface area contributed by atoms with E-state index in [-0.39, 0.29) is 24.1 Å². The second kappa shape index (κ2) is 8.28. The van der Waals surface area contributed by atoms with E-state index in [1.807, 2.05) is 54.8 Å². The molecular weight excluding hydrogens is 386 g/mol. The molecule has 0 spiro atoms. The molecule has 0 radical (unpaired) electrons. The standard InChI is InChI=1S/C22H19N3O3S/c1-2-28-17-9-7-16(8-10-17)24-20-19(18-6-4-12-29-18)21(26)25(22(20)27)14-15-5-3-11-23-13-15/h3-13,24H,2,14H2,1H3. The number of hydrogen-bond acceptors (Lipinski definition) is 6. The van der Waals surface area contributed by atoms with Crippen LogP contribution in [0.15, 0.2) is 72.0 Å². The fraction of sp³-hybridized carbons (Fsp3) is 0.136. The topological polar surface area (TPSA) is 71.5 Å². The summed E-state index contributed by atoms with van der Waals surface area (Å²) in [4.78, 5) is 32.4. The average molecular weight is 405 g/mol. The molecule has 0 aliphatic carbocycles. The van der Waals surface area contributed by atoms with Crippen LogP contribution in [0.25, 0.3) is 5.57 Å². The number of pyridine rings is 1. The quantitative estimate of drug-likeness (QED) is 0.603. The first kappa shape index (κ1) is 18.9. The Labute approximate surface area is 172 Å². The zero-order valence-corrected chi connectivity index (χ0v) is 16.6. The molecule has 7 heteroatoms. The number of hydrogen-bond donors (Lipinski definition) is 1. The minimum Gasteiger partial charge on any atom is -0.494 e. The summed E-state index contributed by atoms with van der Waals surface area (Å²) in [5.74, 6) is 0.0865. The summed E-state index contributed by atoms with van der Waals surface area (Å²) in [6.45, 7) is 2.68. The van der Waals surface area contributed by atoms with E-state index in [4.69, 9.17) is 4.74 Å². The lowest BCUT2D eigenvalue weighted by atomic mass is 10.2. The van der Waals surface area contributed by atoms with Crippen molar-refractivity contribution in [3.8, 4) is 5.75 Å². The highest BCUT2D eigenvalue weighted by molar-refractivity contribution is 7.11. The van der Waals surface area contributed by atoms with Crippen LogP contribution in [0, 0.1) is 0 Å². The Morgan fingerprint density at radius 2 is 1.90 bits per heavy atom. The van der Waals surface area contributed by atoms with Crippen molar-refractivity contribution in [3.63, 3.8) is 0 Å². The summed E-state index contributed by atoms with van der Waals surface area (Å²) in [6.07, 6.45) is 3.31. The molecule has 1 aromatic carbocycles. The lowest BCUT2D eigenvalue weighted by Gasteiger charge is -2.15. The highest BCUT2D eigenvalue weighted by Crippen LogP contribution is 2.33. The number of thiophene rings is 1. The number of imide groups is 1. The molecule has 3 heterocycles. The van der Waals surface area contributed by atoms with Crippen LogP contribution >= 0.6 is 11.3 Å². The fourth-order valence-corrected chi connectivity index (χ4v) is 3.87. The Morgan fingerprint density at radius 3 is 2.55 bits per heavy atom. The Bertz CT molecular complexity index is 1040. The third-order valence-corrected chi connectivity index (χ3v) is 5.32. The number of benzene rings is 1. The molecule has 0 fully saturated rings. The summed E-state index contributed by atoms with van der Waals surface area (Å²) < 4.78 is 5.46. The largest absolute Gasteiger partial charge is 0.494 e. The molecule has 29 heavy (non-hydrogen) atoms. The molecule has 2 amide bonds. The van der Waals surface area contributed by atoms with Gasteiger partial charge in [0.15, 0.2) is 0 Å². The molecule has 146 valence electrons. The van der Waals surface area contributed by atoms with Gasteiger partial charge in [0.05, 0.1) is 18.7 Å². The molecule has 0 saturated heterocycles. The van der Waals surface area contributed by atoms with Gasteiger partial charge in [0, 0.05) is 23.0 Å². The number of aromatic nitrogens is 1. The van der Waals surface area contributed by atoms with Gasteiger partial charge >= 0.3 is 0 Å². The number of nitrogens with one attached hydrogen (secondary N) is 1. The minimum absolute atomic E-state index is 0.175. The Morgan fingerprint density at radius 1 is 1.07 bits per heavy atom. The smallest absolute Gasteiger partial charge is 0.278 e. The van der Waals surface area contributed by atoms with Crippen molar-refractivity contribution in [2.75, 3.05) is 11.9 Å². The third kappa shape index (κ3) is 3.90. The first-order chi connectivity index (χ1) is 14.2. The molecule has 1 aliphatic rings. The van der Waals surface area contributed by atoms with Crippen LogP contribution < -0.4 is 10.1 Å². The molecule has 1 aliphatic heterocycles. The van der Waals surface area contributed by atoms with Crippen LogP contribution in [0.4, 0.5) is 5.69 Å². The zero-order chi connectivity index (χ0) is 20.2. The predicted octanol–water partition coefficient (Wildman–Crippen LogP) is 3.93. The van der Waals surface area contributed by atoms with Gasteiger partial charge in [-0.2, -0.15) is 0 Å². The maximum Gasteiger partial charge on any atom is 0.278 e. The average Bonchev–Trinajstić information content (AvgIpc) is 3.34. The lowest BCUT2D eigenvalue weighted by molar-refractivity contribution is -0.137. The molecule has 4 rings (SSSR count). The van der Waals surface area contributed by atoms with Crippen LogP contribution in [-0.2, 0) is 16.1 Å². The van der Waals surface area contributed by atoms with E-state index in [0.29, 0.717) is 17.9 Å². The van der Waals surface area contributed by atoms with E-state index in [2.05, 4.69) is 10.3 Å². The zero-order valence-electron chi connectivity index (χ0n) is 15.8. The van der Waals surface area contributed by atoms with Crippen LogP contribution in [0.3, 0.4) is 0 Å². The van der Waals surface area contributed by atoms with Gasteiger partial charge in [0.1, 0.15) is 11.4 Å². The van der Waals surface area contributed by atoms with Gasteiger partial charge in [-0.1, -0.05) is 12.1 Å². The van der Waals surface area contributed by atoms with Gasteiger partial charge in [-0.3, -0.25) is 19.5 Å². The SMILES string of the molecule is CCOc1ccc(NC2=C(c3cccs3)C(=O)N(Cc3cccnc3)C2=O)cc1. The van der Waals surface area contributed by atoms with Crippen LogP contribution in [0.2, 0.25) is 0 Å². The van der Waals surface area contributed by atoms with Crippen LogP contribution in [0.1, 0.15) is 17.4 Å². The van der Waals surface area contributed by atoms with Gasteiger partial charge in [0.2, 0.25) is 0 Å². The molecular formula is C22H19N3O3S. The van der Waals surface area contributed by atoms with Crippen molar-refractivity contribution in [3.05, 3.63) is 82.4 Å². The van der Waals surface area contributed by atoms with Crippen molar-refractivity contribution >= 4 is 34.4 Å². The van der Waals surface area contributed by atoms with Crippen molar-refractivity contribution < 1.29 is 14.3 Å². The molecule has 0 saturated carbocycles. The van der Waals surface area contributed by atoms with E-state index in [9.17, 15) is 9.59 Å². The molecule has 3 aromatic rings. The summed E-state index contributed by atoms with van der Waals surface area (Å²) >= 11 is 1.43. The number of ether oxygens (including phenoxy) is 1. The van der Waals surface area contributed by atoms with Gasteiger partial charge in [-0.05, 0) is 54.3 Å². The first-order valence-corrected chi connectivity index (χ1v) is 10.1. The molecule has 0 atom stereocenters. The van der Waals surface area contributed by atoms with Gasteiger partial charge in [-0.25, -0.2) is 0 Å². The maximum absolute atomic E-state index is 13.1. The predicted molar refractivity (Wildman–Crippen MR) is 112 cm³/mol. The Kier molecular flexibility index (Phi) is 5.39. The number of anilines is 1. The molecule has 6 nitrogen and oxygen atoms in total. The monoisotopic (exact) mass is 405 g/mol. The third-order valence-electron chi connectivity index (χ3n) is 4.43. The Hall–Kier alpha value is -3.45. The second-order valence-corrected chi connectivity index (χ2v) is 7.32. The maximum atomic E-state index is 13.1. The van der Waals surface area contributed by atoms with E-state index in [0.717, 1.165) is 16.2 Å². The van der Waals surface area contributed by atoms with Crippen LogP contribution in [0.5, 0.6) is 5.75 Å². The van der Waals surface area contributed by atoms with Crippen LogP contribution in [-0.4, -0.2) is 28.3 Å². The van der Waals surface area contributed by atoms with Crippen molar-refractivity contribution in [2.24, 2.45) is 0 Å². The van der Waals surface area contributed by atoms with Crippen molar-refractivity contribution in [1.29, 1.82) is 0 Å². The summed E-state index contributed by atoms with van der Waals surface area (Å²) in [6, 6.07) is 14.6. The number of carbonyl (C=O) groups excluding carboxylic acids is 2. The van der Waals surface area contributed by atoms with Gasteiger partial charge in [-0.15, -0.1) is 11.3 Å². The van der Waals surface area contributed by atoms with E-state index in [1.54, 1.807) is 18.5 Å². The normalized spacial score (nSPS) is 13.9. The summed E-state index contributed by atoms with van der Waals surface area (Å²) in [7, 11) is 0. The highest BCUT2D eigenvalue weighted by atomic mass is 32.1. The number of amides is 2. The molecule has 2 aromatic heterocycles. The number of carbonyl (C=O) groups is 2. The minimum atomic E-state index is -0.351. The highest BCUT2D eigenvalue weighted by Gasteiger charge is 2.39. The summed E-state index contributed by atoms with van der Waals surface area (Å²) in [5, 5.41) is 5.03. The molecule has 0 bridgehead atoms. The summed E-state index contributed by atoms with van der Waals surface area (Å²) in [5.41, 5.74) is 2.18. The molecule has 1 N–H and O–H groups in total. The fourth-order valence-electron chi connectivity index (χ4n) is 3.10. The van der Waals surface area contributed by atoms with Crippen molar-refractivity contribution in [2.45, 2.75) is 13.5 Å². The van der Waals surface area contributed by atoms with E-state index >= 15 is 0 Å². The number of rotatable bonds is 7. The molecule has 0 unspecified atom stereocenters. The van der Waals surface area contributed by atoms with Gasteiger partial charge in [0.25, 0.3) is 11.8 Å². The lowest BCUT2D eigenvalue weighted by Crippen LogP contribution is -2.32. The first-order valence-electron chi connectivity index (χ1n) is 9.20. The van der Waals surface area contributed by atoms with E-state index in [1.165, 1.54) is 16.2 Å².